The van der Waals surface area contributed by atoms with Crippen LogP contribution in [0.5, 0.6) is 0 Å². The van der Waals surface area contributed by atoms with Crippen LogP contribution in [0.1, 0.15) is 18.7 Å². The Labute approximate surface area is 113 Å². The molecule has 0 spiro atoms. The third-order valence-corrected chi connectivity index (χ3v) is 3.95. The summed E-state index contributed by atoms with van der Waals surface area (Å²) in [7, 11) is 2.15. The molecule has 1 fully saturated rings. The smallest absolute Gasteiger partial charge is 0.192 e. The van der Waals surface area contributed by atoms with E-state index in [1.165, 1.54) is 31.6 Å². The van der Waals surface area contributed by atoms with Crippen LogP contribution in [0.4, 0.5) is 5.69 Å². The number of anilines is 1. The summed E-state index contributed by atoms with van der Waals surface area (Å²) in [6.07, 6.45) is 2.56. The Balaban J connectivity index is 1.67. The van der Waals surface area contributed by atoms with E-state index in [1.807, 2.05) is 13.0 Å². The van der Waals surface area contributed by atoms with E-state index in [-0.39, 0.29) is 0 Å². The first kappa shape index (κ1) is 12.5. The molecule has 19 heavy (non-hydrogen) atoms. The van der Waals surface area contributed by atoms with Crippen molar-refractivity contribution in [2.45, 2.75) is 19.8 Å². The highest BCUT2D eigenvalue weighted by Gasteiger charge is 2.15. The molecule has 1 aromatic heterocycles. The molecule has 1 saturated heterocycles. The molecule has 0 saturated carbocycles. The lowest BCUT2D eigenvalue weighted by Gasteiger charge is -2.20. The molecule has 1 atom stereocenters. The van der Waals surface area contributed by atoms with Crippen LogP contribution in [0.15, 0.2) is 22.6 Å². The predicted molar refractivity (Wildman–Crippen MR) is 77.6 cm³/mol. The zero-order valence-corrected chi connectivity index (χ0v) is 11.6. The monoisotopic (exact) mass is 259 g/mol. The van der Waals surface area contributed by atoms with Crippen LogP contribution in [0, 0.1) is 12.8 Å². The van der Waals surface area contributed by atoms with Gasteiger partial charge < -0.3 is 14.6 Å². The van der Waals surface area contributed by atoms with Crippen molar-refractivity contribution in [2.75, 3.05) is 31.6 Å². The molecule has 0 radical (unpaired) electrons. The number of nitrogens with zero attached hydrogens (tertiary/aromatic N) is 2. The maximum absolute atomic E-state index is 5.51. The minimum Gasteiger partial charge on any atom is -0.441 e. The van der Waals surface area contributed by atoms with Crippen molar-refractivity contribution in [2.24, 2.45) is 5.92 Å². The number of nitrogens with one attached hydrogen (secondary N) is 1. The molecule has 1 aliphatic rings. The van der Waals surface area contributed by atoms with Crippen LogP contribution in [0.25, 0.3) is 11.1 Å². The molecule has 1 aromatic carbocycles. The maximum Gasteiger partial charge on any atom is 0.192 e. The number of aromatic nitrogens is 1. The van der Waals surface area contributed by atoms with Gasteiger partial charge in [0, 0.05) is 26.2 Å². The van der Waals surface area contributed by atoms with Gasteiger partial charge in [0.1, 0.15) is 5.52 Å². The molecule has 1 N–H and O–H groups in total. The Bertz CT molecular complexity index is 558. The van der Waals surface area contributed by atoms with Crippen molar-refractivity contribution in [1.29, 1.82) is 0 Å². The summed E-state index contributed by atoms with van der Waals surface area (Å²) in [5.41, 5.74) is 3.03. The van der Waals surface area contributed by atoms with Crippen LogP contribution in [-0.2, 0) is 0 Å². The molecule has 0 aliphatic carbocycles. The summed E-state index contributed by atoms with van der Waals surface area (Å²) < 4.78 is 5.51. The highest BCUT2D eigenvalue weighted by molar-refractivity contribution is 5.77. The molecule has 2 aromatic rings. The minimum atomic E-state index is 0.729. The molecule has 2 heterocycles. The second-order valence-electron chi connectivity index (χ2n) is 5.45. The maximum atomic E-state index is 5.51. The van der Waals surface area contributed by atoms with E-state index in [9.17, 15) is 0 Å². The SMILES string of the molecule is Cc1nc2cc(N(C)CCC3CCNC3)ccc2o1. The topological polar surface area (TPSA) is 41.3 Å². The fourth-order valence-electron chi connectivity index (χ4n) is 2.73. The van der Waals surface area contributed by atoms with Crippen molar-refractivity contribution in [1.82, 2.24) is 10.3 Å². The molecule has 3 rings (SSSR count). The second-order valence-corrected chi connectivity index (χ2v) is 5.45. The Kier molecular flexibility index (Phi) is 3.42. The van der Waals surface area contributed by atoms with E-state index in [1.54, 1.807) is 0 Å². The number of benzene rings is 1. The molecule has 4 nitrogen and oxygen atoms in total. The number of hydrogen-bond donors (Lipinski definition) is 1. The Morgan fingerprint density at radius 2 is 2.37 bits per heavy atom. The molecule has 1 aliphatic heterocycles. The third kappa shape index (κ3) is 2.73. The summed E-state index contributed by atoms with van der Waals surface area (Å²) in [5, 5.41) is 3.42. The van der Waals surface area contributed by atoms with Crippen molar-refractivity contribution >= 4 is 16.8 Å². The fourth-order valence-corrected chi connectivity index (χ4v) is 2.73. The normalized spacial score (nSPS) is 19.2. The van der Waals surface area contributed by atoms with Gasteiger partial charge in [-0.2, -0.15) is 0 Å². The van der Waals surface area contributed by atoms with Gasteiger partial charge in [-0.15, -0.1) is 0 Å². The van der Waals surface area contributed by atoms with Crippen LogP contribution in [0.3, 0.4) is 0 Å². The van der Waals surface area contributed by atoms with E-state index in [0.717, 1.165) is 29.5 Å². The lowest BCUT2D eigenvalue weighted by molar-refractivity contribution is 0.533. The zero-order chi connectivity index (χ0) is 13.2. The lowest BCUT2D eigenvalue weighted by atomic mass is 10.0. The first-order valence-corrected chi connectivity index (χ1v) is 7.01. The van der Waals surface area contributed by atoms with E-state index < -0.39 is 0 Å². The van der Waals surface area contributed by atoms with E-state index >= 15 is 0 Å². The van der Waals surface area contributed by atoms with Gasteiger partial charge in [0.2, 0.25) is 0 Å². The number of aryl methyl sites for hydroxylation is 1. The summed E-state index contributed by atoms with van der Waals surface area (Å²) in [4.78, 5) is 6.70. The second kappa shape index (κ2) is 5.21. The van der Waals surface area contributed by atoms with E-state index in [4.69, 9.17) is 4.42 Å². The van der Waals surface area contributed by atoms with E-state index in [0.29, 0.717) is 0 Å². The summed E-state index contributed by atoms with van der Waals surface area (Å²) in [6.45, 7) is 5.33. The molecule has 4 heteroatoms. The number of hydrogen-bond acceptors (Lipinski definition) is 4. The van der Waals surface area contributed by atoms with Gasteiger partial charge in [-0.25, -0.2) is 4.98 Å². The molecular formula is C15H21N3O. The first-order chi connectivity index (χ1) is 9.22. The number of rotatable bonds is 4. The molecule has 102 valence electrons. The lowest BCUT2D eigenvalue weighted by Crippen LogP contribution is -2.21. The van der Waals surface area contributed by atoms with Crippen LogP contribution < -0.4 is 10.2 Å². The molecule has 0 amide bonds. The van der Waals surface area contributed by atoms with Gasteiger partial charge in [-0.1, -0.05) is 0 Å². The van der Waals surface area contributed by atoms with Crippen molar-refractivity contribution in [3.8, 4) is 0 Å². The Morgan fingerprint density at radius 3 is 3.16 bits per heavy atom. The average molecular weight is 259 g/mol. The summed E-state index contributed by atoms with van der Waals surface area (Å²) in [6, 6.07) is 6.23. The van der Waals surface area contributed by atoms with E-state index in [2.05, 4.69) is 34.4 Å². The van der Waals surface area contributed by atoms with Crippen molar-refractivity contribution in [3.05, 3.63) is 24.1 Å². The number of fused-ring (bicyclic) bond motifs is 1. The predicted octanol–water partition coefficient (Wildman–Crippen LogP) is 2.57. The summed E-state index contributed by atoms with van der Waals surface area (Å²) >= 11 is 0. The van der Waals surface area contributed by atoms with Gasteiger partial charge in [0.15, 0.2) is 11.5 Å². The first-order valence-electron chi connectivity index (χ1n) is 7.01. The van der Waals surface area contributed by atoms with Crippen molar-refractivity contribution < 1.29 is 4.42 Å². The van der Waals surface area contributed by atoms with Gasteiger partial charge in [0.25, 0.3) is 0 Å². The van der Waals surface area contributed by atoms with Crippen molar-refractivity contribution in [3.63, 3.8) is 0 Å². The molecular weight excluding hydrogens is 238 g/mol. The Morgan fingerprint density at radius 1 is 1.47 bits per heavy atom. The highest BCUT2D eigenvalue weighted by Crippen LogP contribution is 2.23. The van der Waals surface area contributed by atoms with Crippen LogP contribution >= 0.6 is 0 Å². The van der Waals surface area contributed by atoms with Crippen LogP contribution in [0.2, 0.25) is 0 Å². The molecule has 1 unspecified atom stereocenters. The average Bonchev–Trinajstić information content (AvgIpc) is 3.02. The third-order valence-electron chi connectivity index (χ3n) is 3.95. The van der Waals surface area contributed by atoms with Crippen LogP contribution in [-0.4, -0.2) is 31.7 Å². The zero-order valence-electron chi connectivity index (χ0n) is 11.6. The van der Waals surface area contributed by atoms with Gasteiger partial charge >= 0.3 is 0 Å². The van der Waals surface area contributed by atoms with Gasteiger partial charge in [-0.05, 0) is 50.0 Å². The number of oxazole rings is 1. The van der Waals surface area contributed by atoms with Gasteiger partial charge in [-0.3, -0.25) is 0 Å². The quantitative estimate of drug-likeness (QED) is 0.916. The highest BCUT2D eigenvalue weighted by atomic mass is 16.3. The largest absolute Gasteiger partial charge is 0.441 e. The molecule has 0 bridgehead atoms. The van der Waals surface area contributed by atoms with Gasteiger partial charge in [0.05, 0.1) is 0 Å². The summed E-state index contributed by atoms with van der Waals surface area (Å²) in [5.74, 6) is 1.56. The standard InChI is InChI=1S/C15H21N3O/c1-11-17-14-9-13(3-4-15(14)19-11)18(2)8-6-12-5-7-16-10-12/h3-4,9,12,16H,5-8,10H2,1-2H3. The minimum absolute atomic E-state index is 0.729. The Hall–Kier alpha value is -1.55. The fraction of sp³-hybridized carbons (Fsp3) is 0.533.